The minimum Gasteiger partial charge on any atom is -0.490 e. The topological polar surface area (TPSA) is 35.2 Å². The van der Waals surface area contributed by atoms with E-state index in [1.165, 1.54) is 25.3 Å². The second kappa shape index (κ2) is 5.30. The molecule has 0 spiro atoms. The van der Waals surface area contributed by atoms with E-state index in [0.29, 0.717) is 11.3 Å². The molecule has 0 aliphatic heterocycles. The van der Waals surface area contributed by atoms with Crippen LogP contribution in [0, 0.1) is 5.82 Å². The SMILES string of the molecule is NCc1c(F)cccc1OC1CCCCC1. The van der Waals surface area contributed by atoms with Crippen LogP contribution in [0.4, 0.5) is 4.39 Å². The maximum absolute atomic E-state index is 13.4. The van der Waals surface area contributed by atoms with Gasteiger partial charge in [0.05, 0.1) is 6.10 Å². The lowest BCUT2D eigenvalue weighted by atomic mass is 9.97. The molecule has 16 heavy (non-hydrogen) atoms. The van der Waals surface area contributed by atoms with Crippen molar-refractivity contribution in [2.75, 3.05) is 0 Å². The Balaban J connectivity index is 2.10. The summed E-state index contributed by atoms with van der Waals surface area (Å²) in [6.07, 6.45) is 6.07. The van der Waals surface area contributed by atoms with E-state index in [1.54, 1.807) is 12.1 Å². The first kappa shape index (κ1) is 11.4. The molecule has 0 aromatic heterocycles. The van der Waals surface area contributed by atoms with Gasteiger partial charge in [0.25, 0.3) is 0 Å². The summed E-state index contributed by atoms with van der Waals surface area (Å²) in [5, 5.41) is 0. The van der Waals surface area contributed by atoms with Gasteiger partial charge in [0.2, 0.25) is 0 Å². The van der Waals surface area contributed by atoms with Crippen LogP contribution in [0.25, 0.3) is 0 Å². The largest absolute Gasteiger partial charge is 0.490 e. The lowest BCUT2D eigenvalue weighted by Gasteiger charge is -2.24. The molecule has 3 heteroatoms. The number of hydrogen-bond donors (Lipinski definition) is 1. The van der Waals surface area contributed by atoms with E-state index in [4.69, 9.17) is 10.5 Å². The van der Waals surface area contributed by atoms with E-state index < -0.39 is 0 Å². The molecule has 0 unspecified atom stereocenters. The number of halogens is 1. The molecule has 0 radical (unpaired) electrons. The molecular formula is C13H18FNO. The maximum atomic E-state index is 13.4. The highest BCUT2D eigenvalue weighted by Gasteiger charge is 2.17. The summed E-state index contributed by atoms with van der Waals surface area (Å²) in [4.78, 5) is 0. The van der Waals surface area contributed by atoms with E-state index in [9.17, 15) is 4.39 Å². The predicted molar refractivity (Wildman–Crippen MR) is 61.8 cm³/mol. The number of hydrogen-bond acceptors (Lipinski definition) is 2. The van der Waals surface area contributed by atoms with Gasteiger partial charge in [-0.25, -0.2) is 4.39 Å². The molecule has 1 saturated carbocycles. The molecule has 2 nitrogen and oxygen atoms in total. The lowest BCUT2D eigenvalue weighted by molar-refractivity contribution is 0.153. The smallest absolute Gasteiger partial charge is 0.131 e. The van der Waals surface area contributed by atoms with Gasteiger partial charge in [0, 0.05) is 12.1 Å². The van der Waals surface area contributed by atoms with Crippen molar-refractivity contribution in [3.05, 3.63) is 29.6 Å². The summed E-state index contributed by atoms with van der Waals surface area (Å²) < 4.78 is 19.3. The molecule has 0 heterocycles. The molecule has 88 valence electrons. The van der Waals surface area contributed by atoms with Gasteiger partial charge in [0.15, 0.2) is 0 Å². The van der Waals surface area contributed by atoms with Crippen molar-refractivity contribution >= 4 is 0 Å². The van der Waals surface area contributed by atoms with Crippen LogP contribution in [0.1, 0.15) is 37.7 Å². The van der Waals surface area contributed by atoms with E-state index >= 15 is 0 Å². The van der Waals surface area contributed by atoms with E-state index in [1.807, 2.05) is 0 Å². The van der Waals surface area contributed by atoms with Gasteiger partial charge in [-0.15, -0.1) is 0 Å². The molecule has 0 amide bonds. The molecule has 1 aromatic carbocycles. The molecule has 2 rings (SSSR count). The highest BCUT2D eigenvalue weighted by molar-refractivity contribution is 5.34. The molecule has 0 saturated heterocycles. The van der Waals surface area contributed by atoms with Crippen LogP contribution in [0.15, 0.2) is 18.2 Å². The first-order valence-electron chi connectivity index (χ1n) is 5.95. The molecular weight excluding hydrogens is 205 g/mol. The Hall–Kier alpha value is -1.09. The number of benzene rings is 1. The summed E-state index contributed by atoms with van der Waals surface area (Å²) in [6.45, 7) is 0.189. The molecule has 1 fully saturated rings. The first-order valence-corrected chi connectivity index (χ1v) is 5.95. The van der Waals surface area contributed by atoms with Gasteiger partial charge in [-0.05, 0) is 37.8 Å². The third-order valence-corrected chi connectivity index (χ3v) is 3.13. The average molecular weight is 223 g/mol. The minimum atomic E-state index is -0.268. The van der Waals surface area contributed by atoms with Crippen molar-refractivity contribution in [1.82, 2.24) is 0 Å². The molecule has 1 aromatic rings. The summed E-state index contributed by atoms with van der Waals surface area (Å²) in [5.74, 6) is 0.352. The number of rotatable bonds is 3. The van der Waals surface area contributed by atoms with Crippen LogP contribution < -0.4 is 10.5 Å². The zero-order valence-electron chi connectivity index (χ0n) is 9.42. The normalized spacial score (nSPS) is 17.4. The molecule has 1 aliphatic rings. The van der Waals surface area contributed by atoms with E-state index in [-0.39, 0.29) is 18.5 Å². The zero-order chi connectivity index (χ0) is 11.4. The van der Waals surface area contributed by atoms with Crippen LogP contribution >= 0.6 is 0 Å². The zero-order valence-corrected chi connectivity index (χ0v) is 9.42. The highest BCUT2D eigenvalue weighted by atomic mass is 19.1. The van der Waals surface area contributed by atoms with Gasteiger partial charge in [-0.3, -0.25) is 0 Å². The van der Waals surface area contributed by atoms with Crippen LogP contribution in [-0.4, -0.2) is 6.10 Å². The van der Waals surface area contributed by atoms with Gasteiger partial charge < -0.3 is 10.5 Å². The third-order valence-electron chi connectivity index (χ3n) is 3.13. The van der Waals surface area contributed by atoms with Crippen molar-refractivity contribution in [2.45, 2.75) is 44.8 Å². The summed E-state index contributed by atoms with van der Waals surface area (Å²) in [6, 6.07) is 4.91. The third kappa shape index (κ3) is 2.53. The molecule has 2 N–H and O–H groups in total. The van der Waals surface area contributed by atoms with Gasteiger partial charge in [-0.2, -0.15) is 0 Å². The maximum Gasteiger partial charge on any atom is 0.131 e. The van der Waals surface area contributed by atoms with Crippen molar-refractivity contribution in [3.63, 3.8) is 0 Å². The second-order valence-electron chi connectivity index (χ2n) is 4.30. The fraction of sp³-hybridized carbons (Fsp3) is 0.538. The van der Waals surface area contributed by atoms with Crippen molar-refractivity contribution < 1.29 is 9.13 Å². The molecule has 0 bridgehead atoms. The van der Waals surface area contributed by atoms with Crippen LogP contribution in [-0.2, 0) is 6.54 Å². The van der Waals surface area contributed by atoms with Gasteiger partial charge >= 0.3 is 0 Å². The van der Waals surface area contributed by atoms with Crippen molar-refractivity contribution in [1.29, 1.82) is 0 Å². The second-order valence-corrected chi connectivity index (χ2v) is 4.30. The number of ether oxygens (including phenoxy) is 1. The number of nitrogens with two attached hydrogens (primary N) is 1. The summed E-state index contributed by atoms with van der Waals surface area (Å²) in [7, 11) is 0. The minimum absolute atomic E-state index is 0.189. The van der Waals surface area contributed by atoms with E-state index in [0.717, 1.165) is 12.8 Å². The Morgan fingerprint density at radius 3 is 2.69 bits per heavy atom. The van der Waals surface area contributed by atoms with E-state index in [2.05, 4.69) is 0 Å². The average Bonchev–Trinajstić information content (AvgIpc) is 2.31. The highest BCUT2D eigenvalue weighted by Crippen LogP contribution is 2.27. The predicted octanol–water partition coefficient (Wildman–Crippen LogP) is 3.00. The van der Waals surface area contributed by atoms with Gasteiger partial charge in [0.1, 0.15) is 11.6 Å². The standard InChI is InChI=1S/C13H18FNO/c14-12-7-4-8-13(11(12)9-15)16-10-5-2-1-3-6-10/h4,7-8,10H,1-3,5-6,9,15H2. The summed E-state index contributed by atoms with van der Waals surface area (Å²) >= 11 is 0. The Morgan fingerprint density at radius 1 is 1.25 bits per heavy atom. The van der Waals surface area contributed by atoms with Crippen LogP contribution in [0.2, 0.25) is 0 Å². The first-order chi connectivity index (χ1) is 7.81. The van der Waals surface area contributed by atoms with Crippen LogP contribution in [0.5, 0.6) is 5.75 Å². The fourth-order valence-corrected chi connectivity index (χ4v) is 2.21. The quantitative estimate of drug-likeness (QED) is 0.855. The fourth-order valence-electron chi connectivity index (χ4n) is 2.21. The van der Waals surface area contributed by atoms with Crippen molar-refractivity contribution in [2.24, 2.45) is 5.73 Å². The summed E-state index contributed by atoms with van der Waals surface area (Å²) in [5.41, 5.74) is 6.03. The van der Waals surface area contributed by atoms with Crippen molar-refractivity contribution in [3.8, 4) is 5.75 Å². The molecule has 0 atom stereocenters. The Morgan fingerprint density at radius 2 is 2.00 bits per heavy atom. The molecule has 1 aliphatic carbocycles. The van der Waals surface area contributed by atoms with Gasteiger partial charge in [-0.1, -0.05) is 12.5 Å². The Labute approximate surface area is 95.6 Å². The van der Waals surface area contributed by atoms with Crippen LogP contribution in [0.3, 0.4) is 0 Å². The lowest BCUT2D eigenvalue weighted by Crippen LogP contribution is -2.20. The Bertz CT molecular complexity index is 348. The Kier molecular flexibility index (Phi) is 3.78. The monoisotopic (exact) mass is 223 g/mol.